The van der Waals surface area contributed by atoms with Gasteiger partial charge in [-0.2, -0.15) is 5.10 Å². The minimum atomic E-state index is -0.213. The molecular formula is C22H29N3O3. The molecule has 1 aromatic heterocycles. The van der Waals surface area contributed by atoms with Gasteiger partial charge in [0.2, 0.25) is 0 Å². The third-order valence-corrected chi connectivity index (χ3v) is 4.97. The summed E-state index contributed by atoms with van der Waals surface area (Å²) in [6.45, 7) is 9.05. The van der Waals surface area contributed by atoms with Crippen molar-refractivity contribution in [3.05, 3.63) is 57.0 Å². The Morgan fingerprint density at radius 3 is 2.79 bits per heavy atom. The van der Waals surface area contributed by atoms with E-state index in [1.807, 2.05) is 19.1 Å². The number of carbonyl (C=O) groups excluding carboxylic acids is 1. The number of aromatic nitrogens is 2. The van der Waals surface area contributed by atoms with Crippen LogP contribution in [0.1, 0.15) is 49.6 Å². The number of benzene rings is 1. The predicted molar refractivity (Wildman–Crippen MR) is 109 cm³/mol. The number of aryl methyl sites for hydroxylation is 3. The van der Waals surface area contributed by atoms with E-state index in [0.29, 0.717) is 13.1 Å². The van der Waals surface area contributed by atoms with Gasteiger partial charge in [-0.05, 0) is 48.8 Å². The number of nitrogens with one attached hydrogen (secondary N) is 1. The maximum atomic E-state index is 12.2. The molecule has 3 rings (SSSR count). The zero-order chi connectivity index (χ0) is 20.3. The maximum absolute atomic E-state index is 12.2. The quantitative estimate of drug-likeness (QED) is 0.832. The van der Waals surface area contributed by atoms with E-state index in [9.17, 15) is 9.59 Å². The number of hydrogen-bond donors (Lipinski definition) is 1. The van der Waals surface area contributed by atoms with E-state index in [2.05, 4.69) is 37.3 Å². The summed E-state index contributed by atoms with van der Waals surface area (Å²) in [5.74, 6) is 0.513. The SMILES string of the molecule is Cc1ccc(OCC(=O)NCCn2nc3c(cc2=O)CCC3)c(C(C)(C)C)c1. The average Bonchev–Trinajstić information content (AvgIpc) is 3.07. The first kappa shape index (κ1) is 20.1. The molecule has 0 radical (unpaired) electrons. The summed E-state index contributed by atoms with van der Waals surface area (Å²) >= 11 is 0. The molecule has 0 bridgehead atoms. The molecule has 6 nitrogen and oxygen atoms in total. The average molecular weight is 383 g/mol. The van der Waals surface area contributed by atoms with Crippen molar-refractivity contribution < 1.29 is 9.53 Å². The third kappa shape index (κ3) is 4.80. The maximum Gasteiger partial charge on any atom is 0.267 e. The smallest absolute Gasteiger partial charge is 0.267 e. The Balaban J connectivity index is 1.53. The molecule has 0 atom stereocenters. The van der Waals surface area contributed by atoms with Gasteiger partial charge >= 0.3 is 0 Å². The standard InChI is InChI=1S/C22H29N3O3/c1-15-8-9-19(17(12-15)22(2,3)4)28-14-20(26)23-10-11-25-21(27)13-16-6-5-7-18(16)24-25/h8-9,12-13H,5-7,10-11,14H2,1-4H3,(H,23,26). The second kappa shape index (κ2) is 8.17. The summed E-state index contributed by atoms with van der Waals surface area (Å²) in [5.41, 5.74) is 4.12. The van der Waals surface area contributed by atoms with Crippen LogP contribution in [0.25, 0.3) is 0 Å². The van der Waals surface area contributed by atoms with Gasteiger partial charge in [-0.3, -0.25) is 9.59 Å². The van der Waals surface area contributed by atoms with E-state index in [0.717, 1.165) is 47.4 Å². The van der Waals surface area contributed by atoms with E-state index < -0.39 is 0 Å². The predicted octanol–water partition coefficient (Wildman–Crippen LogP) is 2.53. The first-order chi connectivity index (χ1) is 13.2. The second-order valence-corrected chi connectivity index (χ2v) is 8.42. The molecule has 1 aromatic carbocycles. The molecule has 1 amide bonds. The second-order valence-electron chi connectivity index (χ2n) is 8.42. The fraction of sp³-hybridized carbons (Fsp3) is 0.500. The van der Waals surface area contributed by atoms with Crippen LogP contribution in [0.2, 0.25) is 0 Å². The number of fused-ring (bicyclic) bond motifs is 1. The highest BCUT2D eigenvalue weighted by atomic mass is 16.5. The number of rotatable bonds is 6. The Bertz CT molecular complexity index is 926. The van der Waals surface area contributed by atoms with E-state index in [4.69, 9.17) is 4.74 Å². The summed E-state index contributed by atoms with van der Waals surface area (Å²) in [7, 11) is 0. The van der Waals surface area contributed by atoms with Crippen molar-refractivity contribution in [3.8, 4) is 5.75 Å². The molecule has 28 heavy (non-hydrogen) atoms. The largest absolute Gasteiger partial charge is 0.483 e. The van der Waals surface area contributed by atoms with Crippen molar-refractivity contribution in [1.29, 1.82) is 0 Å². The topological polar surface area (TPSA) is 73.2 Å². The Labute approximate surface area is 165 Å². The number of carbonyl (C=O) groups is 1. The molecule has 1 heterocycles. The Hall–Kier alpha value is -2.63. The van der Waals surface area contributed by atoms with Crippen LogP contribution < -0.4 is 15.6 Å². The fourth-order valence-corrected chi connectivity index (χ4v) is 3.45. The highest BCUT2D eigenvalue weighted by molar-refractivity contribution is 5.77. The van der Waals surface area contributed by atoms with E-state index >= 15 is 0 Å². The van der Waals surface area contributed by atoms with Gasteiger partial charge < -0.3 is 10.1 Å². The lowest BCUT2D eigenvalue weighted by Crippen LogP contribution is -2.35. The number of hydrogen-bond acceptors (Lipinski definition) is 4. The lowest BCUT2D eigenvalue weighted by Gasteiger charge is -2.23. The molecule has 0 aliphatic heterocycles. The first-order valence-corrected chi connectivity index (χ1v) is 9.84. The summed E-state index contributed by atoms with van der Waals surface area (Å²) in [4.78, 5) is 24.3. The van der Waals surface area contributed by atoms with Gasteiger partial charge in [0.25, 0.3) is 11.5 Å². The van der Waals surface area contributed by atoms with Gasteiger partial charge in [0.15, 0.2) is 6.61 Å². The number of amides is 1. The number of ether oxygens (including phenoxy) is 1. The summed E-state index contributed by atoms with van der Waals surface area (Å²) in [5, 5.41) is 7.21. The third-order valence-electron chi connectivity index (χ3n) is 4.97. The molecule has 0 saturated heterocycles. The minimum Gasteiger partial charge on any atom is -0.483 e. The molecule has 0 unspecified atom stereocenters. The van der Waals surface area contributed by atoms with Gasteiger partial charge in [-0.1, -0.05) is 38.5 Å². The molecule has 1 aliphatic carbocycles. The zero-order valence-electron chi connectivity index (χ0n) is 17.2. The molecule has 0 fully saturated rings. The van der Waals surface area contributed by atoms with Crippen molar-refractivity contribution >= 4 is 5.91 Å². The monoisotopic (exact) mass is 383 g/mol. The molecule has 0 spiro atoms. The van der Waals surface area contributed by atoms with Gasteiger partial charge in [0.05, 0.1) is 12.2 Å². The Morgan fingerprint density at radius 1 is 1.25 bits per heavy atom. The lowest BCUT2D eigenvalue weighted by molar-refractivity contribution is -0.123. The van der Waals surface area contributed by atoms with E-state index in [1.54, 1.807) is 6.07 Å². The highest BCUT2D eigenvalue weighted by Gasteiger charge is 2.20. The summed E-state index contributed by atoms with van der Waals surface area (Å²) in [6.07, 6.45) is 2.90. The highest BCUT2D eigenvalue weighted by Crippen LogP contribution is 2.32. The van der Waals surface area contributed by atoms with Crippen LogP contribution in [0.5, 0.6) is 5.75 Å². The van der Waals surface area contributed by atoms with Gasteiger partial charge in [0.1, 0.15) is 5.75 Å². The summed E-state index contributed by atoms with van der Waals surface area (Å²) < 4.78 is 7.20. The van der Waals surface area contributed by atoms with Crippen LogP contribution in [0.4, 0.5) is 0 Å². The molecule has 150 valence electrons. The van der Waals surface area contributed by atoms with Gasteiger partial charge in [-0.25, -0.2) is 4.68 Å². The van der Waals surface area contributed by atoms with Crippen molar-refractivity contribution in [1.82, 2.24) is 15.1 Å². The van der Waals surface area contributed by atoms with Crippen LogP contribution in [0.3, 0.4) is 0 Å². The zero-order valence-corrected chi connectivity index (χ0v) is 17.2. The summed E-state index contributed by atoms with van der Waals surface area (Å²) in [6, 6.07) is 7.66. The lowest BCUT2D eigenvalue weighted by atomic mass is 9.85. The molecule has 1 N–H and O–H groups in total. The normalized spacial score (nSPS) is 13.3. The van der Waals surface area contributed by atoms with E-state index in [1.165, 1.54) is 4.68 Å². The molecule has 0 saturated carbocycles. The van der Waals surface area contributed by atoms with Crippen molar-refractivity contribution in [2.24, 2.45) is 0 Å². The molecule has 6 heteroatoms. The van der Waals surface area contributed by atoms with Crippen molar-refractivity contribution in [2.75, 3.05) is 13.2 Å². The van der Waals surface area contributed by atoms with Gasteiger partial charge in [-0.15, -0.1) is 0 Å². The van der Waals surface area contributed by atoms with Crippen LogP contribution in [0, 0.1) is 6.92 Å². The number of nitrogens with zero attached hydrogens (tertiary/aromatic N) is 2. The van der Waals surface area contributed by atoms with Crippen LogP contribution in [-0.2, 0) is 29.6 Å². The first-order valence-electron chi connectivity index (χ1n) is 9.84. The van der Waals surface area contributed by atoms with Crippen molar-refractivity contribution in [2.45, 2.75) is 58.9 Å². The molecule has 2 aromatic rings. The Kier molecular flexibility index (Phi) is 5.87. The molecule has 1 aliphatic rings. The van der Waals surface area contributed by atoms with Crippen molar-refractivity contribution in [3.63, 3.8) is 0 Å². The van der Waals surface area contributed by atoms with Crippen LogP contribution in [-0.4, -0.2) is 28.8 Å². The van der Waals surface area contributed by atoms with E-state index in [-0.39, 0.29) is 23.5 Å². The fourth-order valence-electron chi connectivity index (χ4n) is 3.45. The molecular weight excluding hydrogens is 354 g/mol. The Morgan fingerprint density at radius 2 is 2.04 bits per heavy atom. The van der Waals surface area contributed by atoms with Crippen LogP contribution >= 0.6 is 0 Å². The minimum absolute atomic E-state index is 0.0569. The van der Waals surface area contributed by atoms with Crippen LogP contribution in [0.15, 0.2) is 29.1 Å². The van der Waals surface area contributed by atoms with Gasteiger partial charge in [0, 0.05) is 12.6 Å².